The van der Waals surface area contributed by atoms with Gasteiger partial charge < -0.3 is 15.7 Å². The molecule has 0 spiro atoms. The lowest BCUT2D eigenvalue weighted by Gasteiger charge is -2.27. The van der Waals surface area contributed by atoms with Crippen LogP contribution in [0.4, 0.5) is 5.69 Å². The number of hydrogen-bond donors (Lipinski definition) is 2. The van der Waals surface area contributed by atoms with Crippen LogP contribution in [-0.4, -0.2) is 38.6 Å². The Kier molecular flexibility index (Phi) is 8.24. The van der Waals surface area contributed by atoms with Gasteiger partial charge >= 0.3 is 5.97 Å². The lowest BCUT2D eigenvalue weighted by Crippen LogP contribution is -2.38. The molecule has 0 heterocycles. The van der Waals surface area contributed by atoms with Gasteiger partial charge in [0.25, 0.3) is 10.0 Å². The molecule has 0 saturated carbocycles. The number of halogens is 2. The van der Waals surface area contributed by atoms with Gasteiger partial charge in [-0.3, -0.25) is 9.10 Å². The number of oxime groups is 1. The molecule has 3 rings (SSSR count). The summed E-state index contributed by atoms with van der Waals surface area (Å²) in [6.45, 7) is 1.43. The number of fused-ring (bicyclic) bond motifs is 1. The number of nitrogens with two attached hydrogens (primary N) is 1. The third-order valence-electron chi connectivity index (χ3n) is 4.99. The number of carbonyl (C=O) groups excluding carboxylic acids is 1. The molecule has 0 aliphatic carbocycles. The molecule has 34 heavy (non-hydrogen) atoms. The van der Waals surface area contributed by atoms with Crippen LogP contribution in [0.1, 0.15) is 25.3 Å². The molecule has 0 aromatic heterocycles. The number of nitrogens with zero attached hydrogens (tertiary/aromatic N) is 2. The van der Waals surface area contributed by atoms with Gasteiger partial charge in [0.05, 0.1) is 17.2 Å². The minimum Gasteiger partial charge on any atom is -0.464 e. The van der Waals surface area contributed by atoms with E-state index in [9.17, 15) is 18.4 Å². The van der Waals surface area contributed by atoms with E-state index in [0.717, 1.165) is 10.7 Å². The molecule has 0 fully saturated rings. The van der Waals surface area contributed by atoms with E-state index >= 15 is 0 Å². The molecule has 0 atom stereocenters. The predicted octanol–water partition coefficient (Wildman–Crippen LogP) is 4.78. The van der Waals surface area contributed by atoms with Crippen LogP contribution in [0.5, 0.6) is 0 Å². The summed E-state index contributed by atoms with van der Waals surface area (Å²) in [5, 5.41) is 13.7. The molecule has 0 unspecified atom stereocenters. The van der Waals surface area contributed by atoms with Crippen molar-refractivity contribution in [2.24, 2.45) is 10.9 Å². The average molecular weight is 524 g/mol. The number of carbonyl (C=O) groups is 1. The van der Waals surface area contributed by atoms with Crippen LogP contribution in [0.15, 0.2) is 64.6 Å². The Morgan fingerprint density at radius 1 is 1.12 bits per heavy atom. The summed E-state index contributed by atoms with van der Waals surface area (Å²) in [5.41, 5.74) is 6.07. The van der Waals surface area contributed by atoms with Crippen LogP contribution in [0.3, 0.4) is 0 Å². The monoisotopic (exact) mass is 523 g/mol. The van der Waals surface area contributed by atoms with Crippen molar-refractivity contribution >= 4 is 61.5 Å². The van der Waals surface area contributed by atoms with Crippen LogP contribution < -0.4 is 10.0 Å². The Morgan fingerprint density at radius 2 is 1.79 bits per heavy atom. The van der Waals surface area contributed by atoms with Crippen molar-refractivity contribution in [3.8, 4) is 0 Å². The Labute approximate surface area is 207 Å². The van der Waals surface area contributed by atoms with E-state index in [1.165, 1.54) is 24.3 Å². The number of benzene rings is 3. The fraction of sp³-hybridized carbons (Fsp3) is 0.217. The van der Waals surface area contributed by atoms with E-state index in [2.05, 4.69) is 5.16 Å². The second-order valence-electron chi connectivity index (χ2n) is 7.36. The molecule has 0 aliphatic heterocycles. The Balaban J connectivity index is 2.28. The Bertz CT molecular complexity index is 1330. The maximum Gasteiger partial charge on any atom is 0.326 e. The quantitative estimate of drug-likeness (QED) is 0.104. The minimum absolute atomic E-state index is 0.0527. The molecule has 8 nitrogen and oxygen atoms in total. The lowest BCUT2D eigenvalue weighted by molar-refractivity contribution is -0.141. The molecular weight excluding hydrogens is 501 g/mol. The molecule has 3 N–H and O–H groups in total. The van der Waals surface area contributed by atoms with Gasteiger partial charge in [-0.15, -0.1) is 0 Å². The van der Waals surface area contributed by atoms with Gasteiger partial charge in [-0.25, -0.2) is 8.42 Å². The first kappa shape index (κ1) is 25.6. The molecule has 3 aromatic carbocycles. The van der Waals surface area contributed by atoms with Gasteiger partial charge in [0.1, 0.15) is 6.54 Å². The SMILES string of the molecule is CCCCOC(=O)CN(c1c(C(N)=NO)ccc2ccccc12)S(=O)(=O)c1cc(Cl)cc(Cl)c1. The van der Waals surface area contributed by atoms with Crippen molar-refractivity contribution in [1.29, 1.82) is 0 Å². The summed E-state index contributed by atoms with van der Waals surface area (Å²) in [6.07, 6.45) is 1.43. The lowest BCUT2D eigenvalue weighted by atomic mass is 10.0. The van der Waals surface area contributed by atoms with Crippen molar-refractivity contribution < 1.29 is 23.2 Å². The summed E-state index contributed by atoms with van der Waals surface area (Å²) in [6, 6.07) is 14.0. The molecule has 180 valence electrons. The van der Waals surface area contributed by atoms with E-state index in [4.69, 9.17) is 33.7 Å². The first-order valence-corrected chi connectivity index (χ1v) is 12.5. The second kappa shape index (κ2) is 10.9. The van der Waals surface area contributed by atoms with E-state index in [0.29, 0.717) is 17.2 Å². The number of amidine groups is 1. The number of anilines is 1. The van der Waals surface area contributed by atoms with Crippen LogP contribution in [0, 0.1) is 0 Å². The number of esters is 1. The topological polar surface area (TPSA) is 122 Å². The second-order valence-corrected chi connectivity index (χ2v) is 10.1. The van der Waals surface area contributed by atoms with Crippen molar-refractivity contribution in [3.05, 3.63) is 70.2 Å². The number of rotatable bonds is 9. The zero-order valence-corrected chi connectivity index (χ0v) is 20.6. The van der Waals surface area contributed by atoms with Crippen molar-refractivity contribution in [1.82, 2.24) is 0 Å². The highest BCUT2D eigenvalue weighted by Gasteiger charge is 2.32. The highest BCUT2D eigenvalue weighted by molar-refractivity contribution is 7.93. The highest BCUT2D eigenvalue weighted by Crippen LogP contribution is 2.36. The van der Waals surface area contributed by atoms with Crippen molar-refractivity contribution in [2.75, 3.05) is 17.5 Å². The first-order chi connectivity index (χ1) is 16.2. The Morgan fingerprint density at radius 3 is 2.44 bits per heavy atom. The van der Waals surface area contributed by atoms with E-state index in [-0.39, 0.29) is 38.6 Å². The molecule has 0 radical (unpaired) electrons. The molecule has 0 saturated heterocycles. The van der Waals surface area contributed by atoms with Gasteiger partial charge in [-0.05, 0) is 36.1 Å². The Hall–Kier alpha value is -3.01. The fourth-order valence-corrected chi connectivity index (χ4v) is 5.54. The van der Waals surface area contributed by atoms with E-state index < -0.39 is 22.5 Å². The average Bonchev–Trinajstić information content (AvgIpc) is 2.81. The maximum absolute atomic E-state index is 13.9. The summed E-state index contributed by atoms with van der Waals surface area (Å²) < 4.78 is 33.9. The van der Waals surface area contributed by atoms with Gasteiger partial charge in [0.15, 0.2) is 5.84 Å². The molecule has 3 aromatic rings. The summed E-state index contributed by atoms with van der Waals surface area (Å²) >= 11 is 12.1. The zero-order chi connectivity index (χ0) is 24.9. The first-order valence-electron chi connectivity index (χ1n) is 10.3. The van der Waals surface area contributed by atoms with Gasteiger partial charge in [-0.1, -0.05) is 72.0 Å². The standard InChI is InChI=1S/C23H23Cl2N3O5S/c1-2-3-10-33-21(29)14-28(34(31,32)18-12-16(24)11-17(25)13-18)22-19-7-5-4-6-15(19)8-9-20(22)23(26)27-30/h4-9,11-13,30H,2-3,10,14H2,1H3,(H2,26,27). The molecule has 0 aliphatic rings. The van der Waals surface area contributed by atoms with Crippen molar-refractivity contribution in [2.45, 2.75) is 24.7 Å². The predicted molar refractivity (Wildman–Crippen MR) is 133 cm³/mol. The summed E-state index contributed by atoms with van der Waals surface area (Å²) in [4.78, 5) is 12.5. The van der Waals surface area contributed by atoms with E-state index in [1.54, 1.807) is 30.3 Å². The summed E-state index contributed by atoms with van der Waals surface area (Å²) in [5.74, 6) is -1.09. The summed E-state index contributed by atoms with van der Waals surface area (Å²) in [7, 11) is -4.41. The smallest absolute Gasteiger partial charge is 0.326 e. The highest BCUT2D eigenvalue weighted by atomic mass is 35.5. The molecule has 0 amide bonds. The number of ether oxygens (including phenoxy) is 1. The number of hydrogen-bond acceptors (Lipinski definition) is 6. The molecule has 0 bridgehead atoms. The van der Waals surface area contributed by atoms with Gasteiger partial charge in [0, 0.05) is 21.0 Å². The van der Waals surface area contributed by atoms with Crippen LogP contribution in [-0.2, 0) is 19.6 Å². The number of unbranched alkanes of at least 4 members (excludes halogenated alkanes) is 1. The third-order valence-corrected chi connectivity index (χ3v) is 7.15. The third kappa shape index (κ3) is 5.55. The normalized spacial score (nSPS) is 12.0. The van der Waals surface area contributed by atoms with Crippen LogP contribution in [0.2, 0.25) is 10.0 Å². The molecular formula is C23H23Cl2N3O5S. The van der Waals surface area contributed by atoms with Gasteiger partial charge in [0.2, 0.25) is 0 Å². The maximum atomic E-state index is 13.9. The van der Waals surface area contributed by atoms with Crippen molar-refractivity contribution in [3.63, 3.8) is 0 Å². The zero-order valence-electron chi connectivity index (χ0n) is 18.2. The van der Waals surface area contributed by atoms with Gasteiger partial charge in [-0.2, -0.15) is 0 Å². The van der Waals surface area contributed by atoms with Crippen LogP contribution in [0.25, 0.3) is 10.8 Å². The largest absolute Gasteiger partial charge is 0.464 e. The van der Waals surface area contributed by atoms with E-state index in [1.807, 2.05) is 6.92 Å². The van der Waals surface area contributed by atoms with Crippen LogP contribution >= 0.6 is 23.2 Å². The number of sulfonamides is 1. The minimum atomic E-state index is -4.41. The molecule has 11 heteroatoms. The fourth-order valence-electron chi connectivity index (χ4n) is 3.37.